The summed E-state index contributed by atoms with van der Waals surface area (Å²) < 4.78 is 23.9. The highest BCUT2D eigenvalue weighted by Gasteiger charge is 2.27. The topological polar surface area (TPSA) is 35.5 Å². The quantitative estimate of drug-likeness (QED) is 0.449. The van der Waals surface area contributed by atoms with Gasteiger partial charge in [0, 0.05) is 0 Å². The van der Waals surface area contributed by atoms with Crippen molar-refractivity contribution in [2.24, 2.45) is 0 Å². The molecule has 0 heterocycles. The van der Waals surface area contributed by atoms with Crippen molar-refractivity contribution in [1.82, 2.24) is 0 Å². The molecular weight excluding hydrogens is 247 g/mol. The molecule has 0 spiro atoms. The van der Waals surface area contributed by atoms with Crippen molar-refractivity contribution >= 4 is 7.60 Å². The van der Waals surface area contributed by atoms with Crippen LogP contribution in [0.3, 0.4) is 0 Å². The SMILES string of the molecule is CCCCC(CCC)OP(=O)(CCCC)OCC. The molecule has 0 saturated carbocycles. The standard InChI is InChI=1S/C14H31O3P/c1-5-9-12-14(11-7-3)17-18(15,16-8-4)13-10-6-2/h14H,5-13H2,1-4H3. The zero-order valence-corrected chi connectivity index (χ0v) is 13.5. The third-order valence-corrected chi connectivity index (χ3v) is 5.05. The molecule has 2 atom stereocenters. The molecule has 0 fully saturated rings. The average Bonchev–Trinajstić information content (AvgIpc) is 2.34. The molecule has 0 aliphatic rings. The molecule has 2 unspecified atom stereocenters. The maximum absolute atomic E-state index is 12.6. The molecule has 18 heavy (non-hydrogen) atoms. The lowest BCUT2D eigenvalue weighted by atomic mass is 10.1. The van der Waals surface area contributed by atoms with Gasteiger partial charge in [-0.1, -0.05) is 46.5 Å². The molecule has 0 aromatic carbocycles. The average molecular weight is 278 g/mol. The van der Waals surface area contributed by atoms with Crippen LogP contribution in [0.25, 0.3) is 0 Å². The predicted molar refractivity (Wildman–Crippen MR) is 78.3 cm³/mol. The van der Waals surface area contributed by atoms with Crippen molar-refractivity contribution in [3.8, 4) is 0 Å². The molecule has 0 amide bonds. The Kier molecular flexibility index (Phi) is 11.1. The van der Waals surface area contributed by atoms with Gasteiger partial charge in [0.15, 0.2) is 0 Å². The Balaban J connectivity index is 4.42. The summed E-state index contributed by atoms with van der Waals surface area (Å²) in [5.41, 5.74) is 0. The first-order valence-electron chi connectivity index (χ1n) is 7.53. The van der Waals surface area contributed by atoms with E-state index in [1.165, 1.54) is 0 Å². The molecule has 0 aliphatic carbocycles. The van der Waals surface area contributed by atoms with Gasteiger partial charge in [0.25, 0.3) is 0 Å². The third-order valence-electron chi connectivity index (χ3n) is 2.91. The van der Waals surface area contributed by atoms with Gasteiger partial charge >= 0.3 is 7.60 Å². The highest BCUT2D eigenvalue weighted by molar-refractivity contribution is 7.53. The normalized spacial score (nSPS) is 16.4. The second kappa shape index (κ2) is 11.0. The van der Waals surface area contributed by atoms with E-state index < -0.39 is 7.60 Å². The molecule has 0 aromatic heterocycles. The van der Waals surface area contributed by atoms with Crippen molar-refractivity contribution in [2.45, 2.75) is 78.7 Å². The van der Waals surface area contributed by atoms with Gasteiger partial charge in [-0.15, -0.1) is 0 Å². The highest BCUT2D eigenvalue weighted by atomic mass is 31.2. The van der Waals surface area contributed by atoms with Crippen molar-refractivity contribution in [3.05, 3.63) is 0 Å². The molecule has 0 aliphatic heterocycles. The number of hydrogen-bond acceptors (Lipinski definition) is 3. The largest absolute Gasteiger partial charge is 0.330 e. The lowest BCUT2D eigenvalue weighted by molar-refractivity contribution is 0.133. The lowest BCUT2D eigenvalue weighted by Crippen LogP contribution is -2.14. The highest BCUT2D eigenvalue weighted by Crippen LogP contribution is 2.51. The number of rotatable bonds is 12. The van der Waals surface area contributed by atoms with E-state index in [-0.39, 0.29) is 6.10 Å². The first-order valence-corrected chi connectivity index (χ1v) is 9.26. The molecule has 3 nitrogen and oxygen atoms in total. The van der Waals surface area contributed by atoms with E-state index in [1.807, 2.05) is 6.92 Å². The monoisotopic (exact) mass is 278 g/mol. The minimum Gasteiger partial charge on any atom is -0.309 e. The summed E-state index contributed by atoms with van der Waals surface area (Å²) >= 11 is 0. The first kappa shape index (κ1) is 18.1. The lowest BCUT2D eigenvalue weighted by Gasteiger charge is -2.24. The summed E-state index contributed by atoms with van der Waals surface area (Å²) in [5, 5.41) is 0. The van der Waals surface area contributed by atoms with Gasteiger partial charge < -0.3 is 9.05 Å². The van der Waals surface area contributed by atoms with Crippen LogP contribution in [0.2, 0.25) is 0 Å². The molecule has 4 heteroatoms. The molecule has 110 valence electrons. The van der Waals surface area contributed by atoms with Crippen LogP contribution in [0.4, 0.5) is 0 Å². The van der Waals surface area contributed by atoms with Gasteiger partial charge in [0.2, 0.25) is 0 Å². The van der Waals surface area contributed by atoms with Gasteiger partial charge in [-0.2, -0.15) is 0 Å². The maximum atomic E-state index is 12.6. The smallest absolute Gasteiger partial charge is 0.309 e. The van der Waals surface area contributed by atoms with E-state index >= 15 is 0 Å². The van der Waals surface area contributed by atoms with Crippen molar-refractivity contribution in [3.63, 3.8) is 0 Å². The second-order valence-electron chi connectivity index (χ2n) is 4.76. The fourth-order valence-corrected chi connectivity index (χ4v) is 3.98. The molecule has 0 saturated heterocycles. The molecule has 0 rings (SSSR count). The molecule has 0 N–H and O–H groups in total. The molecule has 0 radical (unpaired) electrons. The second-order valence-corrected chi connectivity index (χ2v) is 6.90. The predicted octanol–water partition coefficient (Wildman–Crippen LogP) is 5.39. The number of hydrogen-bond donors (Lipinski definition) is 0. The Morgan fingerprint density at radius 1 is 0.944 bits per heavy atom. The van der Waals surface area contributed by atoms with Crippen LogP contribution in [-0.2, 0) is 13.6 Å². The summed E-state index contributed by atoms with van der Waals surface area (Å²) in [4.78, 5) is 0. The van der Waals surface area contributed by atoms with Crippen molar-refractivity contribution in [2.75, 3.05) is 12.8 Å². The zero-order chi connectivity index (χ0) is 13.9. The summed E-state index contributed by atoms with van der Waals surface area (Å²) in [6.07, 6.45) is 7.90. The Bertz CT molecular complexity index is 231. The van der Waals surface area contributed by atoms with Crippen LogP contribution in [0.1, 0.15) is 72.6 Å². The van der Waals surface area contributed by atoms with Gasteiger partial charge in [-0.25, -0.2) is 0 Å². The van der Waals surface area contributed by atoms with E-state index in [0.29, 0.717) is 12.8 Å². The maximum Gasteiger partial charge on any atom is 0.330 e. The van der Waals surface area contributed by atoms with E-state index in [0.717, 1.165) is 44.9 Å². The van der Waals surface area contributed by atoms with Crippen LogP contribution < -0.4 is 0 Å². The van der Waals surface area contributed by atoms with Gasteiger partial charge in [0.05, 0.1) is 18.9 Å². The minimum absolute atomic E-state index is 0.101. The Hall–Kier alpha value is 0.150. The summed E-state index contributed by atoms with van der Waals surface area (Å²) in [7, 11) is -2.86. The molecule has 0 aromatic rings. The fourth-order valence-electron chi connectivity index (χ4n) is 1.93. The zero-order valence-electron chi connectivity index (χ0n) is 12.6. The van der Waals surface area contributed by atoms with Crippen LogP contribution in [0, 0.1) is 0 Å². The van der Waals surface area contributed by atoms with Crippen LogP contribution in [-0.4, -0.2) is 18.9 Å². The minimum atomic E-state index is -2.86. The van der Waals surface area contributed by atoms with E-state index in [4.69, 9.17) is 9.05 Å². The summed E-state index contributed by atoms with van der Waals surface area (Å²) in [6, 6.07) is 0. The fraction of sp³-hybridized carbons (Fsp3) is 1.00. The van der Waals surface area contributed by atoms with E-state index in [1.54, 1.807) is 0 Å². The molecule has 0 bridgehead atoms. The van der Waals surface area contributed by atoms with Gasteiger partial charge in [-0.05, 0) is 26.2 Å². The number of unbranched alkanes of at least 4 members (excludes halogenated alkanes) is 2. The van der Waals surface area contributed by atoms with Crippen molar-refractivity contribution in [1.29, 1.82) is 0 Å². The van der Waals surface area contributed by atoms with E-state index in [9.17, 15) is 4.57 Å². The first-order chi connectivity index (χ1) is 8.61. The molecular formula is C14H31O3P. The third kappa shape index (κ3) is 8.29. The Morgan fingerprint density at radius 3 is 2.11 bits per heavy atom. The van der Waals surface area contributed by atoms with Crippen molar-refractivity contribution < 1.29 is 13.6 Å². The Morgan fingerprint density at radius 2 is 1.61 bits per heavy atom. The summed E-state index contributed by atoms with van der Waals surface area (Å²) in [6.45, 7) is 8.75. The van der Waals surface area contributed by atoms with Crippen LogP contribution in [0.5, 0.6) is 0 Å². The van der Waals surface area contributed by atoms with Gasteiger partial charge in [0.1, 0.15) is 0 Å². The van der Waals surface area contributed by atoms with Crippen LogP contribution in [0.15, 0.2) is 0 Å². The van der Waals surface area contributed by atoms with Crippen LogP contribution >= 0.6 is 7.60 Å². The Labute approximate surface area is 113 Å². The van der Waals surface area contributed by atoms with Gasteiger partial charge in [-0.3, -0.25) is 4.57 Å². The summed E-state index contributed by atoms with van der Waals surface area (Å²) in [5.74, 6) is 0. The van der Waals surface area contributed by atoms with E-state index in [2.05, 4.69) is 20.8 Å².